The van der Waals surface area contributed by atoms with Crippen LogP contribution in [-0.2, 0) is 4.74 Å². The summed E-state index contributed by atoms with van der Waals surface area (Å²) in [6.07, 6.45) is 3.71. The zero-order valence-corrected chi connectivity index (χ0v) is 12.0. The van der Waals surface area contributed by atoms with Crippen LogP contribution in [0, 0.1) is 5.82 Å². The monoisotopic (exact) mass is 313 g/mol. The van der Waals surface area contributed by atoms with E-state index in [1.54, 1.807) is 12.3 Å². The summed E-state index contributed by atoms with van der Waals surface area (Å²) in [5, 5.41) is 3.33. The average Bonchev–Trinajstić information content (AvgIpc) is 2.40. The normalized spacial score (nSPS) is 16.9. The van der Waals surface area contributed by atoms with Gasteiger partial charge in [0.2, 0.25) is 0 Å². The van der Waals surface area contributed by atoms with E-state index in [4.69, 9.17) is 4.74 Å². The standard InChI is InChI=1S/C14H17BrFNO/c1-2-17-14(10-4-3-7-18-9-10)12-8-11(15)5-6-13(12)16/h5-6,8-9,14,17H,2-4,7H2,1H3. The minimum atomic E-state index is -0.185. The summed E-state index contributed by atoms with van der Waals surface area (Å²) >= 11 is 3.39. The first-order valence-electron chi connectivity index (χ1n) is 6.21. The van der Waals surface area contributed by atoms with Crippen LogP contribution in [0.25, 0.3) is 0 Å². The van der Waals surface area contributed by atoms with E-state index in [1.165, 1.54) is 6.07 Å². The van der Waals surface area contributed by atoms with Crippen LogP contribution in [0.1, 0.15) is 31.4 Å². The quantitative estimate of drug-likeness (QED) is 0.909. The summed E-state index contributed by atoms with van der Waals surface area (Å²) in [4.78, 5) is 0. The molecule has 1 N–H and O–H groups in total. The Kier molecular flexibility index (Phi) is 4.78. The predicted molar refractivity (Wildman–Crippen MR) is 73.8 cm³/mol. The highest BCUT2D eigenvalue weighted by Crippen LogP contribution is 2.30. The molecule has 0 aromatic heterocycles. The van der Waals surface area contributed by atoms with Crippen molar-refractivity contribution in [3.63, 3.8) is 0 Å². The van der Waals surface area contributed by atoms with Crippen LogP contribution in [0.2, 0.25) is 0 Å². The molecule has 1 aromatic carbocycles. The summed E-state index contributed by atoms with van der Waals surface area (Å²) in [5.41, 5.74) is 1.78. The highest BCUT2D eigenvalue weighted by molar-refractivity contribution is 9.10. The molecule has 0 fully saturated rings. The number of rotatable bonds is 4. The van der Waals surface area contributed by atoms with Crippen LogP contribution in [0.5, 0.6) is 0 Å². The van der Waals surface area contributed by atoms with Crippen LogP contribution in [0.15, 0.2) is 34.5 Å². The maximum absolute atomic E-state index is 14.0. The van der Waals surface area contributed by atoms with Gasteiger partial charge < -0.3 is 10.1 Å². The van der Waals surface area contributed by atoms with Gasteiger partial charge >= 0.3 is 0 Å². The molecule has 0 bridgehead atoms. The number of hydrogen-bond acceptors (Lipinski definition) is 2. The molecule has 1 unspecified atom stereocenters. The minimum Gasteiger partial charge on any atom is -0.501 e. The van der Waals surface area contributed by atoms with E-state index in [0.717, 1.165) is 36.0 Å². The first-order chi connectivity index (χ1) is 8.72. The highest BCUT2D eigenvalue weighted by atomic mass is 79.9. The molecular formula is C14H17BrFNO. The Morgan fingerprint density at radius 1 is 1.50 bits per heavy atom. The summed E-state index contributed by atoms with van der Waals surface area (Å²) in [5.74, 6) is -0.185. The molecular weight excluding hydrogens is 297 g/mol. The lowest BCUT2D eigenvalue weighted by molar-refractivity contribution is 0.219. The van der Waals surface area contributed by atoms with E-state index in [9.17, 15) is 4.39 Å². The van der Waals surface area contributed by atoms with Gasteiger partial charge in [0, 0.05) is 10.0 Å². The number of hydrogen-bond donors (Lipinski definition) is 1. The lowest BCUT2D eigenvalue weighted by Gasteiger charge is -2.24. The van der Waals surface area contributed by atoms with Gasteiger partial charge in [-0.15, -0.1) is 0 Å². The Balaban J connectivity index is 2.34. The Bertz CT molecular complexity index is 447. The van der Waals surface area contributed by atoms with Gasteiger partial charge in [-0.2, -0.15) is 0 Å². The maximum Gasteiger partial charge on any atom is 0.128 e. The number of likely N-dealkylation sites (N-methyl/N-ethyl adjacent to an activating group) is 1. The lowest BCUT2D eigenvalue weighted by atomic mass is 9.95. The summed E-state index contributed by atoms with van der Waals surface area (Å²) < 4.78 is 20.2. The fraction of sp³-hybridized carbons (Fsp3) is 0.429. The molecule has 4 heteroatoms. The van der Waals surface area contributed by atoms with Crippen molar-refractivity contribution in [1.29, 1.82) is 0 Å². The molecule has 0 saturated carbocycles. The smallest absolute Gasteiger partial charge is 0.128 e. The van der Waals surface area contributed by atoms with E-state index in [1.807, 2.05) is 13.0 Å². The molecule has 0 saturated heterocycles. The van der Waals surface area contributed by atoms with Crippen LogP contribution in [-0.4, -0.2) is 13.2 Å². The summed E-state index contributed by atoms with van der Waals surface area (Å²) in [7, 11) is 0. The maximum atomic E-state index is 14.0. The highest BCUT2D eigenvalue weighted by Gasteiger charge is 2.21. The summed E-state index contributed by atoms with van der Waals surface area (Å²) in [6.45, 7) is 3.56. The average molecular weight is 314 g/mol. The Hall–Kier alpha value is -0.870. The van der Waals surface area contributed by atoms with Crippen molar-refractivity contribution in [2.75, 3.05) is 13.2 Å². The molecule has 2 nitrogen and oxygen atoms in total. The van der Waals surface area contributed by atoms with E-state index < -0.39 is 0 Å². The van der Waals surface area contributed by atoms with Crippen LogP contribution in [0.3, 0.4) is 0 Å². The van der Waals surface area contributed by atoms with Crippen molar-refractivity contribution in [1.82, 2.24) is 5.32 Å². The summed E-state index contributed by atoms with van der Waals surface area (Å²) in [6, 6.07) is 4.94. The Labute approximate surface area is 115 Å². The molecule has 1 aliphatic rings. The predicted octanol–water partition coefficient (Wildman–Crippen LogP) is 3.93. The zero-order valence-electron chi connectivity index (χ0n) is 10.4. The SMILES string of the molecule is CCNC(C1=COCCC1)c1cc(Br)ccc1F. The third kappa shape index (κ3) is 3.12. The Morgan fingerprint density at radius 2 is 2.33 bits per heavy atom. The molecule has 1 heterocycles. The van der Waals surface area contributed by atoms with Gasteiger partial charge in [0.05, 0.1) is 18.9 Å². The van der Waals surface area contributed by atoms with Gasteiger partial charge in [-0.05, 0) is 43.2 Å². The van der Waals surface area contributed by atoms with Crippen molar-refractivity contribution >= 4 is 15.9 Å². The van der Waals surface area contributed by atoms with Crippen LogP contribution < -0.4 is 5.32 Å². The number of halogens is 2. The molecule has 2 rings (SSSR count). The van der Waals surface area contributed by atoms with Gasteiger partial charge in [-0.1, -0.05) is 22.9 Å². The molecule has 0 radical (unpaired) electrons. The third-order valence-corrected chi connectivity index (χ3v) is 3.50. The van der Waals surface area contributed by atoms with E-state index >= 15 is 0 Å². The van der Waals surface area contributed by atoms with Gasteiger partial charge in [-0.3, -0.25) is 0 Å². The first kappa shape index (κ1) is 13.6. The van der Waals surface area contributed by atoms with Crippen molar-refractivity contribution in [3.05, 3.63) is 45.9 Å². The third-order valence-electron chi connectivity index (χ3n) is 3.01. The largest absolute Gasteiger partial charge is 0.501 e. The van der Waals surface area contributed by atoms with Gasteiger partial charge in [0.25, 0.3) is 0 Å². The van der Waals surface area contributed by atoms with E-state index in [2.05, 4.69) is 21.2 Å². The van der Waals surface area contributed by atoms with E-state index in [-0.39, 0.29) is 11.9 Å². The fourth-order valence-electron chi connectivity index (χ4n) is 2.18. The van der Waals surface area contributed by atoms with Crippen molar-refractivity contribution in [2.45, 2.75) is 25.8 Å². The zero-order chi connectivity index (χ0) is 13.0. The topological polar surface area (TPSA) is 21.3 Å². The molecule has 0 aliphatic carbocycles. The van der Waals surface area contributed by atoms with Crippen molar-refractivity contribution in [3.8, 4) is 0 Å². The minimum absolute atomic E-state index is 0.104. The van der Waals surface area contributed by atoms with Crippen LogP contribution in [0.4, 0.5) is 4.39 Å². The van der Waals surface area contributed by atoms with Gasteiger partial charge in [-0.25, -0.2) is 4.39 Å². The van der Waals surface area contributed by atoms with Gasteiger partial charge in [0.15, 0.2) is 0 Å². The molecule has 1 aliphatic heterocycles. The first-order valence-corrected chi connectivity index (χ1v) is 7.00. The molecule has 98 valence electrons. The molecule has 1 atom stereocenters. The number of ether oxygens (including phenoxy) is 1. The number of nitrogens with one attached hydrogen (secondary N) is 1. The Morgan fingerprint density at radius 3 is 3.00 bits per heavy atom. The van der Waals surface area contributed by atoms with Crippen molar-refractivity contribution < 1.29 is 9.13 Å². The van der Waals surface area contributed by atoms with Crippen molar-refractivity contribution in [2.24, 2.45) is 0 Å². The van der Waals surface area contributed by atoms with E-state index in [0.29, 0.717) is 5.56 Å². The molecule has 0 amide bonds. The molecule has 18 heavy (non-hydrogen) atoms. The molecule has 0 spiro atoms. The van der Waals surface area contributed by atoms with Crippen LogP contribution >= 0.6 is 15.9 Å². The van der Waals surface area contributed by atoms with Gasteiger partial charge in [0.1, 0.15) is 5.82 Å². The fourth-order valence-corrected chi connectivity index (χ4v) is 2.56. The second-order valence-corrected chi connectivity index (χ2v) is 5.24. The number of benzene rings is 1. The lowest BCUT2D eigenvalue weighted by Crippen LogP contribution is -2.25. The second-order valence-electron chi connectivity index (χ2n) is 4.32. The second kappa shape index (κ2) is 6.34. The molecule has 1 aromatic rings.